The van der Waals surface area contributed by atoms with Crippen LogP contribution in [0.25, 0.3) is 0 Å². The van der Waals surface area contributed by atoms with E-state index in [2.05, 4.69) is 120 Å². The lowest BCUT2D eigenvalue weighted by Crippen LogP contribution is -2.16. The zero-order valence-corrected chi connectivity index (χ0v) is 19.2. The van der Waals surface area contributed by atoms with Crippen molar-refractivity contribution >= 4 is 61.3 Å². The Hall–Kier alpha value is 0.234. The Kier molecular flexibility index (Phi) is 6.40. The van der Waals surface area contributed by atoms with Crippen molar-refractivity contribution in [2.24, 2.45) is 0 Å². The summed E-state index contributed by atoms with van der Waals surface area (Å²) in [4.78, 5) is 0. The smallest absolute Gasteiger partial charge is 0.127 e. The molecule has 0 aliphatic rings. The summed E-state index contributed by atoms with van der Waals surface area (Å²) in [6, 6.07) is 4.34. The van der Waals surface area contributed by atoms with Crippen molar-refractivity contribution < 1.29 is 0 Å². The highest BCUT2D eigenvalue weighted by atomic mass is 127. The number of rotatable bonds is 0. The van der Waals surface area contributed by atoms with Crippen LogP contribution in [0.5, 0.6) is 0 Å². The van der Waals surface area contributed by atoms with E-state index in [1.807, 2.05) is 0 Å². The van der Waals surface area contributed by atoms with Crippen LogP contribution in [-0.4, -0.2) is 16.1 Å². The van der Waals surface area contributed by atoms with Crippen LogP contribution in [0.1, 0.15) is 11.1 Å². The third-order valence-corrected chi connectivity index (χ3v) is 5.74. The minimum atomic E-state index is -1.32. The first-order valence-electron chi connectivity index (χ1n) is 6.53. The molecule has 0 fully saturated rings. The van der Waals surface area contributed by atoms with E-state index >= 15 is 0 Å². The van der Waals surface area contributed by atoms with E-state index in [1.165, 1.54) is 7.14 Å². The van der Waals surface area contributed by atoms with Gasteiger partial charge < -0.3 is 0 Å². The number of hydrogen-bond donors (Lipinski definition) is 0. The summed E-state index contributed by atoms with van der Waals surface area (Å²) in [5, 5.41) is 0. The Morgan fingerprint density at radius 1 is 0.700 bits per heavy atom. The fourth-order valence-electron chi connectivity index (χ4n) is 1.25. The zero-order chi connectivity index (χ0) is 15.6. The molecule has 0 amide bonds. The van der Waals surface area contributed by atoms with Crippen molar-refractivity contribution in [3.05, 3.63) is 30.4 Å². The molecule has 0 N–H and O–H groups in total. The molecule has 0 saturated carbocycles. The van der Waals surface area contributed by atoms with Gasteiger partial charge in [0.2, 0.25) is 0 Å². The first-order valence-corrected chi connectivity index (χ1v) is 15.7. The lowest BCUT2D eigenvalue weighted by atomic mass is 10.1. The van der Waals surface area contributed by atoms with Gasteiger partial charge in [0.25, 0.3) is 0 Å². The molecule has 0 atom stereocenters. The quantitative estimate of drug-likeness (QED) is 0.245. The molecule has 0 aromatic heterocycles. The van der Waals surface area contributed by atoms with Crippen molar-refractivity contribution in [1.29, 1.82) is 0 Å². The second kappa shape index (κ2) is 7.00. The first-order chi connectivity index (χ1) is 8.98. The minimum Gasteiger partial charge on any atom is -0.127 e. The predicted molar refractivity (Wildman–Crippen MR) is 112 cm³/mol. The van der Waals surface area contributed by atoms with Crippen LogP contribution in [0, 0.1) is 30.1 Å². The number of hydrogen-bond acceptors (Lipinski definition) is 0. The second-order valence-electron chi connectivity index (χ2n) is 6.81. The maximum atomic E-state index is 3.43. The highest BCUT2D eigenvalue weighted by molar-refractivity contribution is 14.1. The molecule has 0 spiro atoms. The molecule has 0 heterocycles. The molecule has 1 rings (SSSR count). The molecule has 0 saturated heterocycles. The monoisotopic (exact) mass is 522 g/mol. The Morgan fingerprint density at radius 2 is 1.00 bits per heavy atom. The fraction of sp³-hybridized carbons (Fsp3) is 0.375. The maximum Gasteiger partial charge on any atom is 0.129 e. The fourth-order valence-corrected chi connectivity index (χ4v) is 3.47. The van der Waals surface area contributed by atoms with E-state index in [-0.39, 0.29) is 0 Å². The van der Waals surface area contributed by atoms with Crippen LogP contribution in [0.15, 0.2) is 12.1 Å². The molecule has 1 aromatic rings. The Labute approximate surface area is 152 Å². The molecule has 0 aliphatic heterocycles. The van der Waals surface area contributed by atoms with Crippen LogP contribution in [-0.2, 0) is 0 Å². The second-order valence-corrected chi connectivity index (χ2v) is 18.6. The van der Waals surface area contributed by atoms with Gasteiger partial charge in [-0.05, 0) is 57.3 Å². The Morgan fingerprint density at radius 3 is 1.25 bits per heavy atom. The molecule has 0 nitrogen and oxygen atoms in total. The summed E-state index contributed by atoms with van der Waals surface area (Å²) in [6.45, 7) is 13.6. The summed E-state index contributed by atoms with van der Waals surface area (Å²) in [5.74, 6) is 6.71. The molecule has 0 unspecified atom stereocenters. The minimum absolute atomic E-state index is 1.14. The largest absolute Gasteiger partial charge is 0.129 e. The van der Waals surface area contributed by atoms with Gasteiger partial charge >= 0.3 is 0 Å². The third kappa shape index (κ3) is 6.79. The van der Waals surface area contributed by atoms with E-state index in [4.69, 9.17) is 0 Å². The topological polar surface area (TPSA) is 0 Å². The average molecular weight is 522 g/mol. The lowest BCUT2D eigenvalue weighted by molar-refractivity contribution is 1.50. The molecular weight excluding hydrogens is 502 g/mol. The van der Waals surface area contributed by atoms with Crippen LogP contribution >= 0.6 is 45.2 Å². The van der Waals surface area contributed by atoms with Crippen LogP contribution < -0.4 is 0 Å². The summed E-state index contributed by atoms with van der Waals surface area (Å²) >= 11 is 4.74. The van der Waals surface area contributed by atoms with Gasteiger partial charge in [-0.3, -0.25) is 0 Å². The van der Waals surface area contributed by atoms with Crippen LogP contribution in [0.2, 0.25) is 39.3 Å². The Bertz CT molecular complexity index is 569. The molecule has 20 heavy (non-hydrogen) atoms. The lowest BCUT2D eigenvalue weighted by Gasteiger charge is -2.06. The van der Waals surface area contributed by atoms with Crippen LogP contribution in [0.4, 0.5) is 0 Å². The molecule has 0 radical (unpaired) electrons. The third-order valence-electron chi connectivity index (χ3n) is 2.20. The van der Waals surface area contributed by atoms with Gasteiger partial charge in [0.05, 0.1) is 0 Å². The average Bonchev–Trinajstić information content (AvgIpc) is 2.25. The summed E-state index contributed by atoms with van der Waals surface area (Å²) in [7, 11) is -2.65. The van der Waals surface area contributed by atoms with E-state index in [0.717, 1.165) is 11.1 Å². The van der Waals surface area contributed by atoms with Crippen molar-refractivity contribution in [2.75, 3.05) is 0 Å². The van der Waals surface area contributed by atoms with Gasteiger partial charge in [-0.15, -0.1) is 11.1 Å². The van der Waals surface area contributed by atoms with Gasteiger partial charge in [-0.25, -0.2) is 0 Å². The summed E-state index contributed by atoms with van der Waals surface area (Å²) < 4.78 is 2.40. The van der Waals surface area contributed by atoms with Crippen molar-refractivity contribution in [3.63, 3.8) is 0 Å². The zero-order valence-electron chi connectivity index (χ0n) is 12.9. The van der Waals surface area contributed by atoms with E-state index in [0.29, 0.717) is 0 Å². The summed E-state index contributed by atoms with van der Waals surface area (Å²) in [5.41, 5.74) is 9.14. The molecule has 1 aromatic carbocycles. The molecule has 0 aliphatic carbocycles. The highest BCUT2D eigenvalue weighted by Gasteiger charge is 2.10. The van der Waals surface area contributed by atoms with Gasteiger partial charge in [0.1, 0.15) is 16.1 Å². The number of halogens is 2. The molecule has 106 valence electrons. The van der Waals surface area contributed by atoms with Gasteiger partial charge in [0, 0.05) is 18.3 Å². The van der Waals surface area contributed by atoms with Gasteiger partial charge in [-0.1, -0.05) is 51.1 Å². The van der Waals surface area contributed by atoms with Crippen LogP contribution in [0.3, 0.4) is 0 Å². The van der Waals surface area contributed by atoms with E-state index in [1.54, 1.807) is 0 Å². The summed E-state index contributed by atoms with van der Waals surface area (Å²) in [6.07, 6.45) is 0. The van der Waals surface area contributed by atoms with Crippen molar-refractivity contribution in [2.45, 2.75) is 39.3 Å². The molecule has 0 bridgehead atoms. The number of benzene rings is 1. The van der Waals surface area contributed by atoms with Gasteiger partial charge in [0.15, 0.2) is 0 Å². The first kappa shape index (κ1) is 18.3. The van der Waals surface area contributed by atoms with Crippen molar-refractivity contribution in [3.8, 4) is 22.9 Å². The molecular formula is C16H20I2Si2. The SMILES string of the molecule is C[Si](C)(C)C#Cc1cc(I)c(C#C[Si](C)(C)C)cc1I. The standard InChI is InChI=1S/C16H20I2Si2/c1-19(2,3)9-7-13-11-16(18)14(12-15(13)17)8-10-20(4,5)6/h11-12H,1-6H3. The van der Waals surface area contributed by atoms with E-state index < -0.39 is 16.1 Å². The molecule has 4 heteroatoms. The predicted octanol–water partition coefficient (Wildman–Crippen LogP) is 5.35. The highest BCUT2D eigenvalue weighted by Crippen LogP contribution is 2.20. The normalized spacial score (nSPS) is 11.2. The maximum absolute atomic E-state index is 3.43. The van der Waals surface area contributed by atoms with E-state index in [9.17, 15) is 0 Å². The van der Waals surface area contributed by atoms with Crippen molar-refractivity contribution in [1.82, 2.24) is 0 Å². The Balaban J connectivity index is 3.21. The van der Waals surface area contributed by atoms with Gasteiger partial charge in [-0.2, -0.15) is 0 Å².